The second kappa shape index (κ2) is 7.10. The van der Waals surface area contributed by atoms with Gasteiger partial charge in [-0.3, -0.25) is 9.52 Å². The van der Waals surface area contributed by atoms with Gasteiger partial charge in [0.15, 0.2) is 5.78 Å². The number of hydrogen-bond donors (Lipinski definition) is 1. The third-order valence-electron chi connectivity index (χ3n) is 2.88. The fraction of sp³-hybridized carbons (Fsp3) is 0.133. The molecule has 23 heavy (non-hydrogen) atoms. The maximum atomic E-state index is 12.3. The summed E-state index contributed by atoms with van der Waals surface area (Å²) in [7, 11) is -3.86. The highest BCUT2D eigenvalue weighted by atomic mass is 32.2. The molecule has 2 rings (SSSR count). The van der Waals surface area contributed by atoms with Crippen LogP contribution in [0.4, 0.5) is 14.5 Å². The summed E-state index contributed by atoms with van der Waals surface area (Å²) in [4.78, 5) is 11.6. The van der Waals surface area contributed by atoms with E-state index in [4.69, 9.17) is 0 Å². The Bertz CT molecular complexity index is 806. The van der Waals surface area contributed by atoms with Crippen LogP contribution in [0.25, 0.3) is 0 Å². The summed E-state index contributed by atoms with van der Waals surface area (Å²) in [6, 6.07) is 11.3. The van der Waals surface area contributed by atoms with E-state index in [1.54, 1.807) is 0 Å². The van der Waals surface area contributed by atoms with Crippen LogP contribution in [0.3, 0.4) is 0 Å². The van der Waals surface area contributed by atoms with Crippen LogP contribution in [0.5, 0.6) is 0 Å². The number of nitrogens with one attached hydrogen (secondary N) is 1. The van der Waals surface area contributed by atoms with E-state index < -0.39 is 15.8 Å². The topological polar surface area (TPSA) is 63.2 Å². The molecule has 2 aromatic carbocycles. The normalized spacial score (nSPS) is 11.5. The number of rotatable bonds is 6. The Hall–Kier alpha value is -1.93. The van der Waals surface area contributed by atoms with Crippen molar-refractivity contribution in [3.63, 3.8) is 0 Å². The van der Waals surface area contributed by atoms with Gasteiger partial charge in [-0.2, -0.15) is 8.78 Å². The molecule has 0 bridgehead atoms. The summed E-state index contributed by atoms with van der Waals surface area (Å²) >= 11 is 0.379. The lowest BCUT2D eigenvalue weighted by Gasteiger charge is -2.09. The van der Waals surface area contributed by atoms with E-state index in [-0.39, 0.29) is 21.9 Å². The van der Waals surface area contributed by atoms with Gasteiger partial charge in [-0.05, 0) is 43.3 Å². The average molecular weight is 357 g/mol. The number of halogens is 2. The summed E-state index contributed by atoms with van der Waals surface area (Å²) in [5.41, 5.74) is 0.536. The number of benzene rings is 2. The van der Waals surface area contributed by atoms with E-state index in [9.17, 15) is 22.0 Å². The largest absolute Gasteiger partial charge is 0.295 e. The minimum absolute atomic E-state index is 0.0452. The Labute approximate surface area is 137 Å². The van der Waals surface area contributed by atoms with Crippen molar-refractivity contribution < 1.29 is 22.0 Å². The van der Waals surface area contributed by atoms with Crippen molar-refractivity contribution in [2.24, 2.45) is 0 Å². The second-order valence-electron chi connectivity index (χ2n) is 4.59. The predicted octanol–water partition coefficient (Wildman–Crippen LogP) is 4.00. The Morgan fingerprint density at radius 3 is 2.35 bits per heavy atom. The van der Waals surface area contributed by atoms with Crippen LogP contribution in [-0.2, 0) is 10.0 Å². The summed E-state index contributed by atoms with van der Waals surface area (Å²) in [6.07, 6.45) is 0. The molecule has 0 aromatic heterocycles. The zero-order chi connectivity index (χ0) is 17.0. The zero-order valence-electron chi connectivity index (χ0n) is 12.0. The molecule has 2 aromatic rings. The molecular formula is C15H13F2NO3S2. The van der Waals surface area contributed by atoms with Crippen molar-refractivity contribution in [3.05, 3.63) is 54.1 Å². The summed E-state index contributed by atoms with van der Waals surface area (Å²) in [6.45, 7) is 1.35. The van der Waals surface area contributed by atoms with Gasteiger partial charge in [0, 0.05) is 16.1 Å². The summed E-state index contributed by atoms with van der Waals surface area (Å²) in [5, 5.41) is 0. The number of thioether (sulfide) groups is 1. The molecule has 0 aliphatic carbocycles. The molecule has 4 nitrogen and oxygen atoms in total. The number of Topliss-reactive ketones (excluding diaryl/α,β-unsaturated/α-hetero) is 1. The summed E-state index contributed by atoms with van der Waals surface area (Å²) < 4.78 is 51.4. The smallest absolute Gasteiger partial charge is 0.288 e. The lowest BCUT2D eigenvalue weighted by atomic mass is 10.2. The molecule has 122 valence electrons. The van der Waals surface area contributed by atoms with Crippen LogP contribution >= 0.6 is 11.8 Å². The molecule has 0 radical (unpaired) electrons. The Morgan fingerprint density at radius 2 is 1.78 bits per heavy atom. The zero-order valence-corrected chi connectivity index (χ0v) is 13.6. The molecular weight excluding hydrogens is 344 g/mol. The van der Waals surface area contributed by atoms with Gasteiger partial charge in [-0.1, -0.05) is 23.9 Å². The molecule has 0 heterocycles. The molecule has 1 N–H and O–H groups in total. The van der Waals surface area contributed by atoms with Crippen molar-refractivity contribution in [2.75, 3.05) is 4.72 Å². The first-order valence-electron chi connectivity index (χ1n) is 6.46. The summed E-state index contributed by atoms with van der Waals surface area (Å²) in [5.74, 6) is -2.78. The highest BCUT2D eigenvalue weighted by molar-refractivity contribution is 7.99. The quantitative estimate of drug-likeness (QED) is 0.627. The molecule has 8 heteroatoms. The van der Waals surface area contributed by atoms with Gasteiger partial charge in [-0.15, -0.1) is 0 Å². The number of carbonyl (C=O) groups excluding carboxylic acids is 1. The lowest BCUT2D eigenvalue weighted by Crippen LogP contribution is -2.13. The van der Waals surface area contributed by atoms with E-state index in [0.29, 0.717) is 16.7 Å². The van der Waals surface area contributed by atoms with Gasteiger partial charge in [0.1, 0.15) is 0 Å². The first-order valence-corrected chi connectivity index (χ1v) is 8.83. The Kier molecular flexibility index (Phi) is 5.38. The van der Waals surface area contributed by atoms with Crippen LogP contribution in [-0.4, -0.2) is 20.0 Å². The van der Waals surface area contributed by atoms with Crippen LogP contribution in [0.2, 0.25) is 0 Å². The van der Waals surface area contributed by atoms with E-state index in [2.05, 4.69) is 4.72 Å². The first-order chi connectivity index (χ1) is 10.8. The molecule has 0 saturated carbocycles. The molecule has 0 amide bonds. The molecule has 0 fully saturated rings. The van der Waals surface area contributed by atoms with Gasteiger partial charge < -0.3 is 0 Å². The SMILES string of the molecule is CC(=O)c1cccc(S(=O)(=O)Nc2ccc(SC(F)F)cc2)c1. The van der Waals surface area contributed by atoms with Crippen molar-refractivity contribution >= 4 is 33.3 Å². The molecule has 0 atom stereocenters. The maximum Gasteiger partial charge on any atom is 0.288 e. The van der Waals surface area contributed by atoms with Gasteiger partial charge >= 0.3 is 0 Å². The highest BCUT2D eigenvalue weighted by Crippen LogP contribution is 2.27. The third kappa shape index (κ3) is 4.77. The van der Waals surface area contributed by atoms with Crippen molar-refractivity contribution in [3.8, 4) is 0 Å². The van der Waals surface area contributed by atoms with Gasteiger partial charge in [0.25, 0.3) is 15.8 Å². The number of hydrogen-bond acceptors (Lipinski definition) is 4. The fourth-order valence-electron chi connectivity index (χ4n) is 1.80. The van der Waals surface area contributed by atoms with Crippen LogP contribution in [0, 0.1) is 0 Å². The van der Waals surface area contributed by atoms with Crippen LogP contribution in [0.15, 0.2) is 58.3 Å². The average Bonchev–Trinajstić information content (AvgIpc) is 2.48. The highest BCUT2D eigenvalue weighted by Gasteiger charge is 2.15. The van der Waals surface area contributed by atoms with E-state index >= 15 is 0 Å². The lowest BCUT2D eigenvalue weighted by molar-refractivity contribution is 0.101. The van der Waals surface area contributed by atoms with Gasteiger partial charge in [0.05, 0.1) is 4.90 Å². The third-order valence-corrected chi connectivity index (χ3v) is 4.98. The first kappa shape index (κ1) is 17.4. The number of anilines is 1. The van der Waals surface area contributed by atoms with Crippen LogP contribution in [0.1, 0.15) is 17.3 Å². The number of sulfonamides is 1. The molecule has 0 saturated heterocycles. The standard InChI is InChI=1S/C15H13F2NO3S2/c1-10(19)11-3-2-4-14(9-11)23(20,21)18-12-5-7-13(8-6-12)22-15(16)17/h2-9,15,18H,1H3. The molecule has 0 aliphatic rings. The minimum Gasteiger partial charge on any atom is -0.295 e. The second-order valence-corrected chi connectivity index (χ2v) is 7.34. The predicted molar refractivity (Wildman–Crippen MR) is 85.6 cm³/mol. The monoisotopic (exact) mass is 357 g/mol. The molecule has 0 aliphatic heterocycles. The van der Waals surface area contributed by atoms with Gasteiger partial charge in [0.2, 0.25) is 0 Å². The van der Waals surface area contributed by atoms with E-state index in [1.165, 1.54) is 55.5 Å². The number of carbonyl (C=O) groups is 1. The van der Waals surface area contributed by atoms with Gasteiger partial charge in [-0.25, -0.2) is 8.42 Å². The van der Waals surface area contributed by atoms with Crippen LogP contribution < -0.4 is 4.72 Å². The fourth-order valence-corrected chi connectivity index (χ4v) is 3.40. The van der Waals surface area contributed by atoms with Crippen molar-refractivity contribution in [1.29, 1.82) is 0 Å². The van der Waals surface area contributed by atoms with E-state index in [1.807, 2.05) is 0 Å². The molecule has 0 spiro atoms. The maximum absolute atomic E-state index is 12.3. The Balaban J connectivity index is 2.21. The number of ketones is 1. The van der Waals surface area contributed by atoms with Crippen molar-refractivity contribution in [2.45, 2.75) is 22.5 Å². The minimum atomic E-state index is -3.86. The Morgan fingerprint density at radius 1 is 1.13 bits per heavy atom. The molecule has 0 unspecified atom stereocenters. The number of alkyl halides is 2. The van der Waals surface area contributed by atoms with Crippen molar-refractivity contribution in [1.82, 2.24) is 0 Å². The van der Waals surface area contributed by atoms with E-state index in [0.717, 1.165) is 0 Å².